The van der Waals surface area contributed by atoms with Gasteiger partial charge >= 0.3 is 160 Å². The molecule has 0 saturated carbocycles. The van der Waals surface area contributed by atoms with Gasteiger partial charge in [-0.15, -0.1) is 0 Å². The summed E-state index contributed by atoms with van der Waals surface area (Å²) < 4.78 is 14.5. The predicted octanol–water partition coefficient (Wildman–Crippen LogP) is 1.21. The van der Waals surface area contributed by atoms with E-state index in [1.807, 2.05) is 30.3 Å². The summed E-state index contributed by atoms with van der Waals surface area (Å²) in [6.07, 6.45) is -1.16. The first-order chi connectivity index (χ1) is 12.0. The van der Waals surface area contributed by atoms with Gasteiger partial charge in [0.05, 0.1) is 0 Å². The summed E-state index contributed by atoms with van der Waals surface area (Å²) in [5, 5.41) is 13.4. The fraction of sp³-hybridized carbons (Fsp3) is 0.278. The molecule has 0 radical (unpaired) electrons. The van der Waals surface area contributed by atoms with Crippen molar-refractivity contribution in [2.24, 2.45) is 0 Å². The monoisotopic (exact) mass is 534 g/mol. The van der Waals surface area contributed by atoms with E-state index in [2.05, 4.69) is 5.32 Å². The molecule has 2 atom stereocenters. The molecule has 2 unspecified atom stereocenters. The second-order valence-electron chi connectivity index (χ2n) is 5.88. The minimum atomic E-state index is -1.19. The molecule has 1 saturated heterocycles. The van der Waals surface area contributed by atoms with E-state index in [0.29, 0.717) is 5.56 Å². The normalized spacial score (nSPS) is 19.6. The molecule has 1 fully saturated rings. The van der Waals surface area contributed by atoms with E-state index in [1.165, 1.54) is 29.6 Å². The van der Waals surface area contributed by atoms with Crippen molar-refractivity contribution in [3.63, 3.8) is 0 Å². The fourth-order valence-electron chi connectivity index (χ4n) is 2.98. The number of hydrogen-bond donors (Lipinski definition) is 1. The third kappa shape index (κ3) is 3.80. The summed E-state index contributed by atoms with van der Waals surface area (Å²) in [5.74, 6) is -0.805. The molecule has 1 heterocycles. The quantitative estimate of drug-likeness (QED) is 0.644. The first-order valence-electron chi connectivity index (χ1n) is 7.79. The average molecular weight is 534 g/mol. The van der Waals surface area contributed by atoms with Crippen molar-refractivity contribution in [2.75, 3.05) is 13.1 Å². The van der Waals surface area contributed by atoms with Crippen molar-refractivity contribution in [3.8, 4) is 6.07 Å². The number of alkyl halides is 1. The zero-order valence-electron chi connectivity index (χ0n) is 13.2. The number of nitrogens with one attached hydrogen (secondary N) is 1. The number of benzene rings is 2. The fourth-order valence-corrected chi connectivity index (χ4v) is 3.65. The number of carbonyl (C=O) groups is 2. The van der Waals surface area contributed by atoms with Gasteiger partial charge in [-0.1, -0.05) is 0 Å². The van der Waals surface area contributed by atoms with Crippen molar-refractivity contribution >= 4 is 25.9 Å². The maximum absolute atomic E-state index is 13.4. The van der Waals surface area contributed by atoms with Gasteiger partial charge in [0, 0.05) is 0 Å². The molecule has 1 aliphatic heterocycles. The van der Waals surface area contributed by atoms with Crippen LogP contribution in [0.4, 0.5) is 4.39 Å². The van der Waals surface area contributed by atoms with E-state index in [-0.39, 0.29) is 25.4 Å². The van der Waals surface area contributed by atoms with E-state index in [4.69, 9.17) is 5.26 Å². The molecule has 1 aliphatic rings. The summed E-state index contributed by atoms with van der Waals surface area (Å²) in [7, 11) is 0. The van der Waals surface area contributed by atoms with Crippen molar-refractivity contribution in [1.82, 2.24) is 10.2 Å². The van der Waals surface area contributed by atoms with E-state index in [1.54, 1.807) is 12.1 Å². The minimum absolute atomic E-state index is 0.0281. The molecule has 0 aliphatic carbocycles. The van der Waals surface area contributed by atoms with Crippen LogP contribution in [0.2, 0.25) is 0 Å². The Labute approximate surface area is 159 Å². The summed E-state index contributed by atoms with van der Waals surface area (Å²) in [6.45, 7) is -0.350. The molecular formula is C18H15AtFN3O2. The topological polar surface area (TPSA) is 73.2 Å². The van der Waals surface area contributed by atoms with Gasteiger partial charge in [-0.05, 0) is 0 Å². The van der Waals surface area contributed by atoms with Crippen LogP contribution in [0.15, 0.2) is 36.4 Å². The van der Waals surface area contributed by atoms with Crippen molar-refractivity contribution in [2.45, 2.75) is 18.6 Å². The van der Waals surface area contributed by atoms with Crippen LogP contribution in [0.25, 0.3) is 10.8 Å². The number of carbonyl (C=O) groups excluding carboxylic acids is 2. The average Bonchev–Trinajstić information content (AvgIpc) is 2.99. The van der Waals surface area contributed by atoms with Crippen LogP contribution >= 0.6 is 0 Å². The molecule has 7 heteroatoms. The van der Waals surface area contributed by atoms with Crippen LogP contribution in [-0.4, -0.2) is 42.0 Å². The molecule has 0 bridgehead atoms. The first-order valence-corrected chi connectivity index (χ1v) is 9.26. The molecule has 0 spiro atoms. The van der Waals surface area contributed by atoms with Crippen LogP contribution in [-0.2, 0) is 4.79 Å². The Bertz CT molecular complexity index is 880. The molecule has 0 aromatic heterocycles. The third-order valence-electron chi connectivity index (χ3n) is 4.21. The van der Waals surface area contributed by atoms with Gasteiger partial charge in [-0.25, -0.2) is 0 Å². The number of amides is 2. The van der Waals surface area contributed by atoms with Gasteiger partial charge in [-0.3, -0.25) is 0 Å². The number of rotatable bonds is 3. The summed E-state index contributed by atoms with van der Waals surface area (Å²) in [6, 6.07) is 12.5. The third-order valence-corrected chi connectivity index (χ3v) is 5.12. The first kappa shape index (κ1) is 17.8. The van der Waals surface area contributed by atoms with Crippen LogP contribution in [0.5, 0.6) is 0 Å². The zero-order chi connectivity index (χ0) is 18.0. The molecule has 2 aromatic carbocycles. The second kappa shape index (κ2) is 7.45. The number of hydrogen-bond acceptors (Lipinski definition) is 3. The Morgan fingerprint density at radius 3 is 2.92 bits per heavy atom. The van der Waals surface area contributed by atoms with Gasteiger partial charge < -0.3 is 0 Å². The maximum atomic E-state index is 13.4. The number of likely N-dealkylation sites (tertiary alicyclic amines) is 1. The molecule has 25 heavy (non-hydrogen) atoms. The summed E-state index contributed by atoms with van der Waals surface area (Å²) in [5.41, 5.74) is 0.491. The molecule has 3 rings (SSSR count). The Hall–Kier alpha value is -2.06. The van der Waals surface area contributed by atoms with Crippen molar-refractivity contribution < 1.29 is 38.7 Å². The molecule has 128 valence electrons. The molecule has 5 nitrogen and oxygen atoms in total. The van der Waals surface area contributed by atoms with Crippen LogP contribution in [0.3, 0.4) is 0 Å². The Balaban J connectivity index is 1.72. The standard InChI is InChI=1S/C18H15AtFN3O2/c19-12-5-4-11-2-1-3-15(16(11)6-12)18(25)22-9-17(24)23-10-13(20)7-14(23)8-21/h1-6,13-14H,7,9-10H2,(H,22,25). The van der Waals surface area contributed by atoms with Crippen LogP contribution < -0.4 is 8.59 Å². The van der Waals surface area contributed by atoms with Gasteiger partial charge in [0.15, 0.2) is 0 Å². The molecule has 2 amide bonds. The number of halogens is 1. The second-order valence-corrected chi connectivity index (χ2v) is 7.57. The molecule has 1 N–H and O–H groups in total. The predicted molar refractivity (Wildman–Crippen MR) is 86.5 cm³/mol. The Morgan fingerprint density at radius 2 is 2.16 bits per heavy atom. The SMILES string of the molecule is N#CC1CC(F)CN1C(=O)CNC(=O)c1cccc2ccc([At])cc12. The van der Waals surface area contributed by atoms with E-state index in [0.717, 1.165) is 14.0 Å². The van der Waals surface area contributed by atoms with Crippen molar-refractivity contribution in [1.29, 1.82) is 5.26 Å². The van der Waals surface area contributed by atoms with E-state index < -0.39 is 18.1 Å². The molecular weight excluding hydrogens is 519 g/mol. The summed E-state index contributed by atoms with van der Waals surface area (Å²) >= 11 is 1.52. The van der Waals surface area contributed by atoms with E-state index in [9.17, 15) is 14.0 Å². The van der Waals surface area contributed by atoms with E-state index >= 15 is 0 Å². The van der Waals surface area contributed by atoms with Gasteiger partial charge in [0.2, 0.25) is 0 Å². The Kier molecular flexibility index (Phi) is 5.29. The van der Waals surface area contributed by atoms with Crippen LogP contribution in [0, 0.1) is 36.1 Å². The number of nitriles is 1. The van der Waals surface area contributed by atoms with Crippen molar-refractivity contribution in [3.05, 3.63) is 42.0 Å². The summed E-state index contributed by atoms with van der Waals surface area (Å²) in [4.78, 5) is 25.9. The number of fused-ring (bicyclic) bond motifs is 1. The number of nitrogens with zero attached hydrogens (tertiary/aromatic N) is 2. The van der Waals surface area contributed by atoms with Gasteiger partial charge in [0.25, 0.3) is 0 Å². The van der Waals surface area contributed by atoms with Crippen LogP contribution in [0.1, 0.15) is 16.8 Å². The molecule has 2 aromatic rings. The Morgan fingerprint density at radius 1 is 1.36 bits per heavy atom. The zero-order valence-corrected chi connectivity index (χ0v) is 16.1. The van der Waals surface area contributed by atoms with Gasteiger partial charge in [-0.2, -0.15) is 0 Å². The van der Waals surface area contributed by atoms with Gasteiger partial charge in [0.1, 0.15) is 0 Å².